The molecule has 2 atom stereocenters. The fourth-order valence-corrected chi connectivity index (χ4v) is 1.62. The minimum Gasteiger partial charge on any atom is -0.480 e. The molecule has 104 valence electrons. The highest BCUT2D eigenvalue weighted by molar-refractivity contribution is 5.82. The maximum atomic E-state index is 11.4. The molecule has 0 heterocycles. The summed E-state index contributed by atoms with van der Waals surface area (Å²) >= 11 is 0. The first-order chi connectivity index (χ1) is 8.41. The maximum Gasteiger partial charge on any atom is 0.328 e. The topological polar surface area (TPSA) is 102 Å². The van der Waals surface area contributed by atoms with Crippen LogP contribution in [-0.2, 0) is 4.79 Å². The van der Waals surface area contributed by atoms with Gasteiger partial charge in [-0.25, -0.2) is 9.59 Å². The van der Waals surface area contributed by atoms with Gasteiger partial charge in [-0.3, -0.25) is 0 Å². The lowest BCUT2D eigenvalue weighted by atomic mass is 10.2. The fraction of sp³-hybridized carbons (Fsp3) is 0.818. The molecule has 0 aromatic heterocycles. The van der Waals surface area contributed by atoms with Crippen molar-refractivity contribution in [3.63, 3.8) is 0 Å². The molecule has 7 heteroatoms. The third kappa shape index (κ3) is 4.89. The molecule has 0 aromatic rings. The van der Waals surface area contributed by atoms with Crippen molar-refractivity contribution in [2.24, 2.45) is 0 Å². The van der Waals surface area contributed by atoms with Gasteiger partial charge in [-0.2, -0.15) is 0 Å². The quantitative estimate of drug-likeness (QED) is 0.480. The molecule has 1 aliphatic rings. The van der Waals surface area contributed by atoms with Gasteiger partial charge < -0.3 is 25.7 Å². The summed E-state index contributed by atoms with van der Waals surface area (Å²) in [6, 6.07) is -1.24. The summed E-state index contributed by atoms with van der Waals surface area (Å²) in [7, 11) is 1.99. The van der Waals surface area contributed by atoms with Gasteiger partial charge in [0.25, 0.3) is 0 Å². The summed E-state index contributed by atoms with van der Waals surface area (Å²) in [5, 5.41) is 22.8. The van der Waals surface area contributed by atoms with Gasteiger partial charge >= 0.3 is 12.0 Å². The van der Waals surface area contributed by atoms with Crippen LogP contribution in [0.3, 0.4) is 0 Å². The third-order valence-electron chi connectivity index (χ3n) is 2.96. The number of nitrogens with one attached hydrogen (secondary N) is 2. The number of hydrogen-bond acceptors (Lipinski definition) is 4. The van der Waals surface area contributed by atoms with Crippen LogP contribution in [0.1, 0.15) is 19.8 Å². The van der Waals surface area contributed by atoms with Crippen LogP contribution in [0.15, 0.2) is 0 Å². The average Bonchev–Trinajstić information content (AvgIpc) is 3.08. The summed E-state index contributed by atoms with van der Waals surface area (Å²) in [6.07, 6.45) is 1.26. The van der Waals surface area contributed by atoms with Crippen LogP contribution < -0.4 is 10.6 Å². The van der Waals surface area contributed by atoms with E-state index in [9.17, 15) is 14.7 Å². The predicted molar refractivity (Wildman–Crippen MR) is 65.3 cm³/mol. The zero-order valence-corrected chi connectivity index (χ0v) is 10.7. The molecule has 0 spiro atoms. The number of likely N-dealkylation sites (N-methyl/N-ethyl adjacent to an activating group) is 1. The number of carboxylic acid groups (broad SMARTS) is 1. The number of urea groups is 1. The lowest BCUT2D eigenvalue weighted by molar-refractivity contribution is -0.141. The molecule has 0 radical (unpaired) electrons. The van der Waals surface area contributed by atoms with E-state index in [0.29, 0.717) is 12.6 Å². The molecule has 1 fully saturated rings. The number of nitrogens with zero attached hydrogens (tertiary/aromatic N) is 1. The Hall–Kier alpha value is -1.34. The van der Waals surface area contributed by atoms with Gasteiger partial charge in [0, 0.05) is 19.1 Å². The molecule has 0 aliphatic heterocycles. The van der Waals surface area contributed by atoms with Crippen LogP contribution in [0.2, 0.25) is 0 Å². The minimum absolute atomic E-state index is 0.449. The van der Waals surface area contributed by atoms with E-state index in [-0.39, 0.29) is 0 Å². The maximum absolute atomic E-state index is 11.4. The Balaban J connectivity index is 2.20. The van der Waals surface area contributed by atoms with Crippen LogP contribution in [0.25, 0.3) is 0 Å². The Kier molecular flexibility index (Phi) is 5.36. The second-order valence-electron chi connectivity index (χ2n) is 4.67. The van der Waals surface area contributed by atoms with E-state index in [1.54, 1.807) is 0 Å². The first-order valence-electron chi connectivity index (χ1n) is 6.07. The van der Waals surface area contributed by atoms with Crippen LogP contribution in [-0.4, -0.2) is 65.4 Å². The van der Waals surface area contributed by atoms with Crippen LogP contribution in [0.5, 0.6) is 0 Å². The van der Waals surface area contributed by atoms with E-state index in [4.69, 9.17) is 5.11 Å². The van der Waals surface area contributed by atoms with Crippen molar-refractivity contribution in [2.75, 3.05) is 20.1 Å². The highest BCUT2D eigenvalue weighted by atomic mass is 16.4. The molecule has 1 saturated carbocycles. The first kappa shape index (κ1) is 14.7. The highest BCUT2D eigenvalue weighted by Gasteiger charge is 2.26. The lowest BCUT2D eigenvalue weighted by Crippen LogP contribution is -2.51. The number of aliphatic carboxylic acids is 1. The minimum atomic E-state index is -1.29. The molecular formula is C11H21N3O4. The molecule has 1 aliphatic carbocycles. The van der Waals surface area contributed by atoms with Crippen LogP contribution in [0.4, 0.5) is 4.79 Å². The standard InChI is InChI=1S/C11H21N3O4/c1-7(15)9(10(16)17)13-11(18)12-5-6-14(2)8-3-4-8/h7-9,15H,3-6H2,1-2H3,(H,16,17)(H2,12,13,18). The second-order valence-corrected chi connectivity index (χ2v) is 4.67. The Morgan fingerprint density at radius 2 is 2.06 bits per heavy atom. The van der Waals surface area contributed by atoms with E-state index in [1.165, 1.54) is 19.8 Å². The zero-order chi connectivity index (χ0) is 13.7. The monoisotopic (exact) mass is 259 g/mol. The number of amides is 2. The Morgan fingerprint density at radius 1 is 1.44 bits per heavy atom. The van der Waals surface area contributed by atoms with E-state index < -0.39 is 24.1 Å². The Bertz CT molecular complexity index is 305. The van der Waals surface area contributed by atoms with Crippen molar-refractivity contribution >= 4 is 12.0 Å². The summed E-state index contributed by atoms with van der Waals surface area (Å²) in [5.41, 5.74) is 0. The van der Waals surface area contributed by atoms with Crippen LogP contribution >= 0.6 is 0 Å². The average molecular weight is 259 g/mol. The van der Waals surface area contributed by atoms with Crippen molar-refractivity contribution in [1.29, 1.82) is 0 Å². The van der Waals surface area contributed by atoms with E-state index in [2.05, 4.69) is 15.5 Å². The van der Waals surface area contributed by atoms with E-state index in [1.807, 2.05) is 7.05 Å². The molecule has 4 N–H and O–H groups in total. The molecule has 0 bridgehead atoms. The summed E-state index contributed by atoms with van der Waals surface area (Å²) in [6.45, 7) is 2.50. The normalized spacial score (nSPS) is 18.2. The van der Waals surface area contributed by atoms with Gasteiger partial charge in [0.1, 0.15) is 0 Å². The third-order valence-corrected chi connectivity index (χ3v) is 2.96. The van der Waals surface area contributed by atoms with E-state index in [0.717, 1.165) is 6.54 Å². The fourth-order valence-electron chi connectivity index (χ4n) is 1.62. The molecule has 18 heavy (non-hydrogen) atoms. The molecular weight excluding hydrogens is 238 g/mol. The van der Waals surface area contributed by atoms with Gasteiger partial charge in [-0.15, -0.1) is 0 Å². The molecule has 0 aromatic carbocycles. The van der Waals surface area contributed by atoms with Crippen molar-refractivity contribution in [2.45, 2.75) is 38.0 Å². The highest BCUT2D eigenvalue weighted by Crippen LogP contribution is 2.24. The molecule has 1 rings (SSSR count). The van der Waals surface area contributed by atoms with Gasteiger partial charge in [0.05, 0.1) is 6.10 Å². The predicted octanol–water partition coefficient (Wildman–Crippen LogP) is -0.786. The Labute approximate surface area is 106 Å². The number of aliphatic hydroxyl groups excluding tert-OH is 1. The van der Waals surface area contributed by atoms with Gasteiger partial charge in [-0.1, -0.05) is 0 Å². The SMILES string of the molecule is CC(O)C(NC(=O)NCCN(C)C1CC1)C(=O)O. The molecule has 2 amide bonds. The van der Waals surface area contributed by atoms with Crippen molar-refractivity contribution in [3.05, 3.63) is 0 Å². The van der Waals surface area contributed by atoms with Crippen molar-refractivity contribution in [3.8, 4) is 0 Å². The Morgan fingerprint density at radius 3 is 2.50 bits per heavy atom. The lowest BCUT2D eigenvalue weighted by Gasteiger charge is -2.19. The molecule has 2 unspecified atom stereocenters. The number of carbonyl (C=O) groups excluding carboxylic acids is 1. The summed E-state index contributed by atoms with van der Waals surface area (Å²) in [5.74, 6) is -1.25. The number of aliphatic hydroxyl groups is 1. The van der Waals surface area contributed by atoms with Gasteiger partial charge in [0.2, 0.25) is 0 Å². The number of carboxylic acids is 1. The number of hydrogen-bond donors (Lipinski definition) is 4. The second kappa shape index (κ2) is 6.55. The smallest absolute Gasteiger partial charge is 0.328 e. The molecule has 0 saturated heterocycles. The van der Waals surface area contributed by atoms with Gasteiger partial charge in [0.15, 0.2) is 6.04 Å². The summed E-state index contributed by atoms with van der Waals surface area (Å²) in [4.78, 5) is 24.3. The van der Waals surface area contributed by atoms with Crippen LogP contribution in [0, 0.1) is 0 Å². The van der Waals surface area contributed by atoms with Gasteiger partial charge in [-0.05, 0) is 26.8 Å². The van der Waals surface area contributed by atoms with Crippen molar-refractivity contribution < 1.29 is 19.8 Å². The first-order valence-corrected chi connectivity index (χ1v) is 6.07. The zero-order valence-electron chi connectivity index (χ0n) is 10.7. The largest absolute Gasteiger partial charge is 0.480 e. The van der Waals surface area contributed by atoms with Crippen molar-refractivity contribution in [1.82, 2.24) is 15.5 Å². The number of rotatable bonds is 7. The van der Waals surface area contributed by atoms with E-state index >= 15 is 0 Å². The number of carbonyl (C=O) groups is 2. The summed E-state index contributed by atoms with van der Waals surface area (Å²) < 4.78 is 0. The molecule has 7 nitrogen and oxygen atoms in total.